The van der Waals surface area contributed by atoms with Gasteiger partial charge >= 0.3 is 296 Å². The predicted molar refractivity (Wildman–Crippen MR) is 200 cm³/mol. The van der Waals surface area contributed by atoms with Crippen LogP contribution in [0.5, 0.6) is 0 Å². The summed E-state index contributed by atoms with van der Waals surface area (Å²) in [6.45, 7) is 0. The van der Waals surface area contributed by atoms with Crippen molar-refractivity contribution < 1.29 is 49.5 Å². The molecular weight excluding hydrogens is 727 g/mol. The fraction of sp³-hybridized carbons (Fsp3) is 0.0213. The first-order chi connectivity index (χ1) is 23.7. The number of rotatable bonds is 3. The molecule has 0 fully saturated rings. The third kappa shape index (κ3) is 4.98. The molecule has 0 radical (unpaired) electrons. The monoisotopic (exact) mass is 753 g/mol. The van der Waals surface area contributed by atoms with Gasteiger partial charge in [0.2, 0.25) is 0 Å². The standard InChI is InChI=1S/C47H29.2ClH.Zr/c1-5-15-33-27-35(23-21-30(33)11-1)44(36-24-22-31-12-2-6-16-34(31)28-36)42-26-25-37-29-43-40-19-8-7-17-38(40)39-18-9-10-20-41(39)47(43)46(37)45(42)32-13-3-4-14-32;;;/h1-13,15-28H,14H2;2*1H;/q;;;+2/p-2. The number of halogens is 2. The third-order valence-electron chi connectivity index (χ3n) is 10.3. The van der Waals surface area contributed by atoms with E-state index in [9.17, 15) is 0 Å². The predicted octanol–water partition coefficient (Wildman–Crippen LogP) is 4.58. The van der Waals surface area contributed by atoms with Crippen molar-refractivity contribution in [3.05, 3.63) is 197 Å². The van der Waals surface area contributed by atoms with Crippen LogP contribution in [0.1, 0.15) is 28.7 Å². The average Bonchev–Trinajstić information content (AvgIpc) is 3.79. The van der Waals surface area contributed by atoms with Crippen LogP contribution in [0.25, 0.3) is 68.6 Å². The van der Waals surface area contributed by atoms with Gasteiger partial charge in [0, 0.05) is 0 Å². The van der Waals surface area contributed by atoms with Gasteiger partial charge in [-0.05, 0) is 0 Å². The zero-order valence-electron chi connectivity index (χ0n) is 27.1. The first-order valence-electron chi connectivity index (χ1n) is 16.7. The molecule has 0 aromatic heterocycles. The fourth-order valence-corrected chi connectivity index (χ4v) is 9.36. The van der Waals surface area contributed by atoms with Crippen LogP contribution in [0.4, 0.5) is 0 Å². The summed E-state index contributed by atoms with van der Waals surface area (Å²) in [5, 5.41) is 13.1. The molecule has 50 heavy (non-hydrogen) atoms. The maximum atomic E-state index is 2.42. The first kappa shape index (κ1) is 32.7. The van der Waals surface area contributed by atoms with Crippen LogP contribution in [-0.4, -0.2) is 0 Å². The Morgan fingerprint density at radius 2 is 0.980 bits per heavy atom. The number of hydrogen-bond donors (Lipinski definition) is 0. The van der Waals surface area contributed by atoms with Gasteiger partial charge in [0.25, 0.3) is 0 Å². The van der Waals surface area contributed by atoms with E-state index in [0.717, 1.165) is 6.42 Å². The van der Waals surface area contributed by atoms with E-state index >= 15 is 0 Å². The van der Waals surface area contributed by atoms with Crippen molar-refractivity contribution in [3.8, 4) is 11.1 Å². The van der Waals surface area contributed by atoms with Crippen molar-refractivity contribution in [1.82, 2.24) is 0 Å². The molecule has 0 aliphatic heterocycles. The molecule has 3 heteroatoms. The minimum absolute atomic E-state index is 0. The molecule has 10 rings (SSSR count). The van der Waals surface area contributed by atoms with E-state index in [1.54, 1.807) is 0 Å². The van der Waals surface area contributed by atoms with Gasteiger partial charge in [0.1, 0.15) is 0 Å². The fourth-order valence-electron chi connectivity index (χ4n) is 8.21. The van der Waals surface area contributed by atoms with Crippen LogP contribution >= 0.6 is 0 Å². The molecule has 8 aromatic carbocycles. The van der Waals surface area contributed by atoms with E-state index in [1.165, 1.54) is 126 Å². The Morgan fingerprint density at radius 1 is 0.460 bits per heavy atom. The molecule has 0 heterocycles. The molecule has 0 saturated carbocycles. The molecule has 2 aliphatic carbocycles. The van der Waals surface area contributed by atoms with Gasteiger partial charge in [-0.3, -0.25) is 0 Å². The van der Waals surface area contributed by atoms with Gasteiger partial charge in [-0.25, -0.2) is 0 Å². The second-order valence-corrected chi connectivity index (χ2v) is 14.2. The van der Waals surface area contributed by atoms with E-state index in [2.05, 4.69) is 164 Å². The average molecular weight is 756 g/mol. The Bertz CT molecular complexity index is 2800. The molecule has 0 N–H and O–H groups in total. The molecule has 0 bridgehead atoms. The number of hydrogen-bond acceptors (Lipinski definition) is 0. The zero-order valence-corrected chi connectivity index (χ0v) is 31.0. The molecule has 0 atom stereocenters. The van der Waals surface area contributed by atoms with Crippen molar-refractivity contribution in [2.45, 2.75) is 6.42 Å². The van der Waals surface area contributed by atoms with Crippen molar-refractivity contribution >= 4 is 57.5 Å². The van der Waals surface area contributed by atoms with Crippen LogP contribution < -0.4 is 35.3 Å². The van der Waals surface area contributed by atoms with Crippen LogP contribution in [-0.2, 0) is 24.7 Å². The van der Waals surface area contributed by atoms with Crippen molar-refractivity contribution in [2.75, 3.05) is 0 Å². The minimum atomic E-state index is 0. The SMILES string of the molecule is [Cl-].[Cl-].[Zr+2][C]1=c2ccc(=C(c3ccc4ccccc4c3)c3ccc4ccccc4c3)c(C3=CC=CC3)c2-c2c1c1ccccc1c1ccccc21. The van der Waals surface area contributed by atoms with E-state index in [4.69, 9.17) is 0 Å². The summed E-state index contributed by atoms with van der Waals surface area (Å²) in [6.07, 6.45) is 7.82. The Hall–Kier alpha value is -4.52. The molecule has 235 valence electrons. The van der Waals surface area contributed by atoms with E-state index in [-0.39, 0.29) is 24.8 Å². The van der Waals surface area contributed by atoms with Gasteiger partial charge in [0.15, 0.2) is 0 Å². The molecule has 0 nitrogen and oxygen atoms in total. The molecule has 8 aromatic rings. The van der Waals surface area contributed by atoms with Crippen LogP contribution in [0.3, 0.4) is 0 Å². The van der Waals surface area contributed by atoms with Crippen LogP contribution in [0, 0.1) is 0 Å². The maximum absolute atomic E-state index is 2.42. The number of allylic oxidation sites excluding steroid dienone is 4. The Kier molecular flexibility index (Phi) is 8.49. The summed E-state index contributed by atoms with van der Waals surface area (Å²) in [4.78, 5) is 0. The van der Waals surface area contributed by atoms with Gasteiger partial charge in [-0.15, -0.1) is 0 Å². The van der Waals surface area contributed by atoms with Gasteiger partial charge < -0.3 is 24.8 Å². The molecular formula is C47H29Cl2Zr. The summed E-state index contributed by atoms with van der Waals surface area (Å²) in [6, 6.07) is 54.3. The van der Waals surface area contributed by atoms with Crippen molar-refractivity contribution in [2.24, 2.45) is 0 Å². The Morgan fingerprint density at radius 3 is 1.54 bits per heavy atom. The molecule has 2 aliphatic rings. The molecule has 0 spiro atoms. The first-order valence-corrected chi connectivity index (χ1v) is 17.9. The number of fused-ring (bicyclic) bond motifs is 10. The number of benzene rings is 8. The molecule has 0 amide bonds. The second-order valence-electron chi connectivity index (χ2n) is 12.9. The van der Waals surface area contributed by atoms with E-state index < -0.39 is 0 Å². The quantitative estimate of drug-likeness (QED) is 0.232. The van der Waals surface area contributed by atoms with Crippen molar-refractivity contribution in [3.63, 3.8) is 0 Å². The summed E-state index contributed by atoms with van der Waals surface area (Å²) >= 11 is 1.44. The molecule has 0 unspecified atom stereocenters. The molecule has 0 saturated heterocycles. The van der Waals surface area contributed by atoms with Gasteiger partial charge in [-0.1, -0.05) is 0 Å². The Balaban J connectivity index is 0.00000180. The van der Waals surface area contributed by atoms with Crippen molar-refractivity contribution in [1.29, 1.82) is 0 Å². The van der Waals surface area contributed by atoms with E-state index in [0.29, 0.717) is 0 Å². The summed E-state index contributed by atoms with van der Waals surface area (Å²) in [5.41, 5.74) is 10.7. The normalized spacial score (nSPS) is 12.9. The van der Waals surface area contributed by atoms with Gasteiger partial charge in [-0.2, -0.15) is 0 Å². The summed E-state index contributed by atoms with van der Waals surface area (Å²) in [5.74, 6) is 0. The van der Waals surface area contributed by atoms with Crippen LogP contribution in [0.15, 0.2) is 164 Å². The third-order valence-corrected chi connectivity index (χ3v) is 11.6. The van der Waals surface area contributed by atoms with E-state index in [1.807, 2.05) is 0 Å². The Labute approximate surface area is 318 Å². The zero-order chi connectivity index (χ0) is 31.8. The topological polar surface area (TPSA) is 0 Å². The summed E-state index contributed by atoms with van der Waals surface area (Å²) < 4.78 is 1.45. The second kappa shape index (κ2) is 13.0. The van der Waals surface area contributed by atoms with Crippen LogP contribution in [0.2, 0.25) is 0 Å². The van der Waals surface area contributed by atoms with Gasteiger partial charge in [0.05, 0.1) is 0 Å². The summed E-state index contributed by atoms with van der Waals surface area (Å²) in [7, 11) is 0.